The van der Waals surface area contributed by atoms with Crippen molar-refractivity contribution in [3.05, 3.63) is 23.8 Å². The van der Waals surface area contributed by atoms with E-state index in [1.54, 1.807) is 6.07 Å². The topological polar surface area (TPSA) is 55.1 Å². The number of thioether (sulfide) groups is 1. The zero-order valence-corrected chi connectivity index (χ0v) is 12.3. The molecule has 1 aliphatic rings. The molecule has 0 saturated heterocycles. The Bertz CT molecular complexity index is 442. The summed E-state index contributed by atoms with van der Waals surface area (Å²) in [6, 6.07) is 5.64. The number of carbonyl (C=O) groups is 1. The minimum atomic E-state index is -0.0524. The van der Waals surface area contributed by atoms with E-state index in [-0.39, 0.29) is 5.91 Å². The van der Waals surface area contributed by atoms with Crippen LogP contribution in [0.15, 0.2) is 23.1 Å². The number of benzene rings is 1. The van der Waals surface area contributed by atoms with E-state index in [0.717, 1.165) is 10.6 Å². The van der Waals surface area contributed by atoms with Crippen LogP contribution < -0.4 is 11.1 Å². The molecule has 0 radical (unpaired) electrons. The highest BCUT2D eigenvalue weighted by Crippen LogP contribution is 2.36. The Morgan fingerprint density at radius 2 is 2.11 bits per heavy atom. The summed E-state index contributed by atoms with van der Waals surface area (Å²) in [4.78, 5) is 12.8. The predicted molar refractivity (Wildman–Crippen MR) is 81.6 cm³/mol. The number of nitrogen functional groups attached to an aromatic ring is 1. The van der Waals surface area contributed by atoms with Gasteiger partial charge in [-0.25, -0.2) is 0 Å². The average Bonchev–Trinajstić information content (AvgIpc) is 2.42. The Morgan fingerprint density at radius 3 is 2.74 bits per heavy atom. The fraction of sp³-hybridized carbons (Fsp3) is 0.533. The first-order valence-corrected chi connectivity index (χ1v) is 7.93. The van der Waals surface area contributed by atoms with Crippen molar-refractivity contribution in [1.82, 2.24) is 5.32 Å². The Balaban J connectivity index is 2.04. The highest BCUT2D eigenvalue weighted by molar-refractivity contribution is 8.00. The van der Waals surface area contributed by atoms with E-state index in [4.69, 9.17) is 5.73 Å². The monoisotopic (exact) mass is 278 g/mol. The summed E-state index contributed by atoms with van der Waals surface area (Å²) >= 11 is 1.87. The molecule has 1 fully saturated rings. The number of hydrogen-bond acceptors (Lipinski definition) is 3. The van der Waals surface area contributed by atoms with Gasteiger partial charge in [0.2, 0.25) is 0 Å². The van der Waals surface area contributed by atoms with E-state index < -0.39 is 0 Å². The second-order valence-electron chi connectivity index (χ2n) is 4.99. The van der Waals surface area contributed by atoms with Crippen molar-refractivity contribution >= 4 is 23.4 Å². The standard InChI is InChI=1S/C15H22N2OS/c1-2-17-15(18)11-8-9-14(13(16)10-11)19-12-6-4-3-5-7-12/h8-10,12H,2-7,16H2,1H3,(H,17,18). The zero-order chi connectivity index (χ0) is 13.7. The molecular weight excluding hydrogens is 256 g/mol. The molecule has 4 heteroatoms. The molecule has 1 amide bonds. The van der Waals surface area contributed by atoms with Crippen molar-refractivity contribution in [1.29, 1.82) is 0 Å². The van der Waals surface area contributed by atoms with Gasteiger partial charge in [-0.1, -0.05) is 19.3 Å². The van der Waals surface area contributed by atoms with Gasteiger partial charge >= 0.3 is 0 Å². The molecular formula is C15H22N2OS. The first-order chi connectivity index (χ1) is 9.20. The van der Waals surface area contributed by atoms with Crippen molar-refractivity contribution in [3.8, 4) is 0 Å². The number of rotatable bonds is 4. The molecule has 1 aliphatic carbocycles. The zero-order valence-electron chi connectivity index (χ0n) is 11.4. The highest BCUT2D eigenvalue weighted by atomic mass is 32.2. The quantitative estimate of drug-likeness (QED) is 0.829. The van der Waals surface area contributed by atoms with Crippen LogP contribution in [0.2, 0.25) is 0 Å². The molecule has 1 saturated carbocycles. The summed E-state index contributed by atoms with van der Waals surface area (Å²) in [6.07, 6.45) is 6.58. The molecule has 0 aromatic heterocycles. The molecule has 1 aromatic rings. The Morgan fingerprint density at radius 1 is 1.37 bits per heavy atom. The van der Waals surface area contributed by atoms with Gasteiger partial charge in [0, 0.05) is 27.9 Å². The van der Waals surface area contributed by atoms with E-state index in [2.05, 4.69) is 5.32 Å². The van der Waals surface area contributed by atoms with Gasteiger partial charge in [0.05, 0.1) is 0 Å². The Kier molecular flexibility index (Phi) is 5.14. The van der Waals surface area contributed by atoms with Gasteiger partial charge in [-0.15, -0.1) is 11.8 Å². The number of hydrogen-bond donors (Lipinski definition) is 2. The molecule has 1 aromatic carbocycles. The lowest BCUT2D eigenvalue weighted by molar-refractivity contribution is 0.0956. The number of anilines is 1. The van der Waals surface area contributed by atoms with Gasteiger partial charge in [0.15, 0.2) is 0 Å². The molecule has 0 atom stereocenters. The van der Waals surface area contributed by atoms with Gasteiger partial charge in [-0.2, -0.15) is 0 Å². The van der Waals surface area contributed by atoms with Crippen LogP contribution in [0.3, 0.4) is 0 Å². The second-order valence-corrected chi connectivity index (χ2v) is 6.33. The lowest BCUT2D eigenvalue weighted by atomic mass is 10.0. The first kappa shape index (κ1) is 14.3. The fourth-order valence-corrected chi connectivity index (χ4v) is 3.69. The third-order valence-corrected chi connectivity index (χ3v) is 4.89. The van der Waals surface area contributed by atoms with Crippen LogP contribution in [0, 0.1) is 0 Å². The van der Waals surface area contributed by atoms with Gasteiger partial charge < -0.3 is 11.1 Å². The fourth-order valence-electron chi connectivity index (χ4n) is 2.42. The van der Waals surface area contributed by atoms with Gasteiger partial charge in [0.1, 0.15) is 0 Å². The number of carbonyl (C=O) groups excluding carboxylic acids is 1. The van der Waals surface area contributed by atoms with Crippen molar-refractivity contribution in [3.63, 3.8) is 0 Å². The van der Waals surface area contributed by atoms with E-state index in [0.29, 0.717) is 17.4 Å². The molecule has 0 spiro atoms. The lowest BCUT2D eigenvalue weighted by Crippen LogP contribution is -2.22. The smallest absolute Gasteiger partial charge is 0.251 e. The van der Waals surface area contributed by atoms with Crippen molar-refractivity contribution < 1.29 is 4.79 Å². The Hall–Kier alpha value is -1.16. The summed E-state index contributed by atoms with van der Waals surface area (Å²) in [5, 5.41) is 3.48. The molecule has 0 bridgehead atoms. The summed E-state index contributed by atoms with van der Waals surface area (Å²) in [6.45, 7) is 2.55. The molecule has 0 unspecified atom stereocenters. The molecule has 2 rings (SSSR count). The van der Waals surface area contributed by atoms with Crippen LogP contribution in [-0.2, 0) is 0 Å². The highest BCUT2D eigenvalue weighted by Gasteiger charge is 2.16. The average molecular weight is 278 g/mol. The van der Waals surface area contributed by atoms with Crippen molar-refractivity contribution in [2.45, 2.75) is 49.2 Å². The van der Waals surface area contributed by atoms with Crippen LogP contribution >= 0.6 is 11.8 Å². The predicted octanol–water partition coefficient (Wildman–Crippen LogP) is 3.44. The summed E-state index contributed by atoms with van der Waals surface area (Å²) < 4.78 is 0. The molecule has 104 valence electrons. The lowest BCUT2D eigenvalue weighted by Gasteiger charge is -2.21. The molecule has 3 N–H and O–H groups in total. The minimum Gasteiger partial charge on any atom is -0.398 e. The number of amides is 1. The van der Waals surface area contributed by atoms with E-state index in [1.807, 2.05) is 30.8 Å². The second kappa shape index (κ2) is 6.85. The Labute approximate surface area is 119 Å². The van der Waals surface area contributed by atoms with E-state index >= 15 is 0 Å². The maximum Gasteiger partial charge on any atom is 0.251 e. The summed E-state index contributed by atoms with van der Waals surface area (Å²) in [5.41, 5.74) is 7.44. The normalized spacial score (nSPS) is 16.3. The van der Waals surface area contributed by atoms with E-state index in [1.165, 1.54) is 32.1 Å². The third kappa shape index (κ3) is 3.90. The first-order valence-electron chi connectivity index (χ1n) is 7.05. The van der Waals surface area contributed by atoms with Crippen LogP contribution in [0.4, 0.5) is 5.69 Å². The number of nitrogens with two attached hydrogens (primary N) is 1. The molecule has 19 heavy (non-hydrogen) atoms. The van der Waals surface area contributed by atoms with Gasteiger partial charge in [-0.3, -0.25) is 4.79 Å². The molecule has 3 nitrogen and oxygen atoms in total. The largest absolute Gasteiger partial charge is 0.398 e. The SMILES string of the molecule is CCNC(=O)c1ccc(SC2CCCCC2)c(N)c1. The third-order valence-electron chi connectivity index (χ3n) is 3.46. The van der Waals surface area contributed by atoms with Crippen molar-refractivity contribution in [2.24, 2.45) is 0 Å². The maximum atomic E-state index is 11.7. The molecule has 0 aliphatic heterocycles. The van der Waals surface area contributed by atoms with Crippen LogP contribution in [0.5, 0.6) is 0 Å². The van der Waals surface area contributed by atoms with Gasteiger partial charge in [-0.05, 0) is 38.0 Å². The van der Waals surface area contributed by atoms with Crippen LogP contribution in [-0.4, -0.2) is 17.7 Å². The van der Waals surface area contributed by atoms with Crippen LogP contribution in [0.25, 0.3) is 0 Å². The maximum absolute atomic E-state index is 11.7. The summed E-state index contributed by atoms with van der Waals surface area (Å²) in [5.74, 6) is -0.0524. The number of nitrogens with one attached hydrogen (secondary N) is 1. The molecule has 0 heterocycles. The van der Waals surface area contributed by atoms with Crippen LogP contribution in [0.1, 0.15) is 49.4 Å². The van der Waals surface area contributed by atoms with E-state index in [9.17, 15) is 4.79 Å². The summed E-state index contributed by atoms with van der Waals surface area (Å²) in [7, 11) is 0. The van der Waals surface area contributed by atoms with Gasteiger partial charge in [0.25, 0.3) is 5.91 Å². The minimum absolute atomic E-state index is 0.0524. The van der Waals surface area contributed by atoms with Crippen molar-refractivity contribution in [2.75, 3.05) is 12.3 Å².